The van der Waals surface area contributed by atoms with E-state index in [4.69, 9.17) is 16.9 Å². The van der Waals surface area contributed by atoms with Crippen molar-refractivity contribution in [2.24, 2.45) is 0 Å². The number of piperazine rings is 1. The Kier molecular flexibility index (Phi) is 4.48. The van der Waals surface area contributed by atoms with Crippen LogP contribution in [0.4, 0.5) is 5.69 Å². The fraction of sp³-hybridized carbons (Fsp3) is 0.429. The topological polar surface area (TPSA) is 59.4 Å². The van der Waals surface area contributed by atoms with E-state index in [-0.39, 0.29) is 11.9 Å². The molecule has 106 valence electrons. The molecule has 1 atom stereocenters. The van der Waals surface area contributed by atoms with Crippen molar-refractivity contribution in [3.8, 4) is 6.07 Å². The number of carbonyl (C=O) groups is 1. The molecule has 0 bridgehead atoms. The Morgan fingerprint density at radius 1 is 1.55 bits per heavy atom. The van der Waals surface area contributed by atoms with Crippen molar-refractivity contribution in [1.82, 2.24) is 10.2 Å². The van der Waals surface area contributed by atoms with Crippen molar-refractivity contribution in [1.29, 1.82) is 5.26 Å². The van der Waals surface area contributed by atoms with Crippen LogP contribution in [0, 0.1) is 11.3 Å². The third-order valence-electron chi connectivity index (χ3n) is 3.37. The van der Waals surface area contributed by atoms with Crippen LogP contribution in [0.15, 0.2) is 18.2 Å². The molecule has 1 fully saturated rings. The van der Waals surface area contributed by atoms with Gasteiger partial charge in [-0.25, -0.2) is 0 Å². The average molecular weight is 293 g/mol. The maximum atomic E-state index is 12.2. The molecule has 0 aromatic heterocycles. The number of halogens is 1. The van der Waals surface area contributed by atoms with Crippen LogP contribution in [0.2, 0.25) is 5.02 Å². The third kappa shape index (κ3) is 2.87. The summed E-state index contributed by atoms with van der Waals surface area (Å²) in [7, 11) is 3.50. The fourth-order valence-corrected chi connectivity index (χ4v) is 2.52. The number of nitriles is 1. The molecule has 2 rings (SSSR count). The Bertz CT molecular complexity index is 553. The van der Waals surface area contributed by atoms with E-state index in [0.717, 1.165) is 18.8 Å². The molecular weight excluding hydrogens is 276 g/mol. The van der Waals surface area contributed by atoms with Crippen LogP contribution in [0.25, 0.3) is 0 Å². The summed E-state index contributed by atoms with van der Waals surface area (Å²) in [6, 6.07) is 7.07. The minimum atomic E-state index is -0.247. The Hall–Kier alpha value is -1.77. The summed E-state index contributed by atoms with van der Waals surface area (Å²) in [5.41, 5.74) is 1.32. The van der Waals surface area contributed by atoms with Gasteiger partial charge in [0.15, 0.2) is 0 Å². The lowest BCUT2D eigenvalue weighted by Gasteiger charge is -2.38. The van der Waals surface area contributed by atoms with Gasteiger partial charge in [-0.15, -0.1) is 0 Å². The molecule has 1 aliphatic heterocycles. The zero-order valence-electron chi connectivity index (χ0n) is 11.6. The third-order valence-corrected chi connectivity index (χ3v) is 3.69. The zero-order chi connectivity index (χ0) is 14.7. The van der Waals surface area contributed by atoms with Crippen molar-refractivity contribution < 1.29 is 4.79 Å². The standard InChI is InChI=1S/C14H17ClN4O/c1-18(2)14(20)13-9-17-5-6-19(13)11-4-3-10(8-16)12(15)7-11/h3-4,7,13,17H,5-6,9H2,1-2H3. The van der Waals surface area contributed by atoms with Crippen LogP contribution in [0.1, 0.15) is 5.56 Å². The summed E-state index contributed by atoms with van der Waals surface area (Å²) >= 11 is 6.08. The van der Waals surface area contributed by atoms with Gasteiger partial charge in [0.1, 0.15) is 12.1 Å². The molecule has 1 aromatic rings. The van der Waals surface area contributed by atoms with Gasteiger partial charge in [0.25, 0.3) is 0 Å². The second-order valence-electron chi connectivity index (χ2n) is 4.92. The van der Waals surface area contributed by atoms with Gasteiger partial charge in [-0.1, -0.05) is 11.6 Å². The number of rotatable bonds is 2. The van der Waals surface area contributed by atoms with Gasteiger partial charge in [-0.2, -0.15) is 5.26 Å². The first-order valence-electron chi connectivity index (χ1n) is 6.42. The molecule has 1 aliphatic rings. The highest BCUT2D eigenvalue weighted by atomic mass is 35.5. The number of amides is 1. The van der Waals surface area contributed by atoms with Gasteiger partial charge in [0.05, 0.1) is 10.6 Å². The highest BCUT2D eigenvalue weighted by molar-refractivity contribution is 6.32. The second kappa shape index (κ2) is 6.12. The molecule has 20 heavy (non-hydrogen) atoms. The molecule has 1 aromatic carbocycles. The van der Waals surface area contributed by atoms with Crippen LogP contribution >= 0.6 is 11.6 Å². The summed E-state index contributed by atoms with van der Waals surface area (Å²) in [6.45, 7) is 2.15. The Balaban J connectivity index is 2.31. The minimum Gasteiger partial charge on any atom is -0.357 e. The number of likely N-dealkylation sites (N-methyl/N-ethyl adjacent to an activating group) is 1. The Labute approximate surface area is 123 Å². The summed E-state index contributed by atoms with van der Waals surface area (Å²) in [5, 5.41) is 12.6. The molecule has 0 aliphatic carbocycles. The van der Waals surface area contributed by atoms with Gasteiger partial charge >= 0.3 is 0 Å². The highest BCUT2D eigenvalue weighted by Gasteiger charge is 2.30. The zero-order valence-corrected chi connectivity index (χ0v) is 12.3. The molecule has 1 amide bonds. The second-order valence-corrected chi connectivity index (χ2v) is 5.33. The van der Waals surface area contributed by atoms with Crippen molar-refractivity contribution in [3.63, 3.8) is 0 Å². The molecule has 1 unspecified atom stereocenters. The van der Waals surface area contributed by atoms with Crippen LogP contribution in [-0.2, 0) is 4.79 Å². The normalized spacial score (nSPS) is 18.5. The molecule has 0 spiro atoms. The average Bonchev–Trinajstić information content (AvgIpc) is 2.46. The molecule has 0 saturated carbocycles. The quantitative estimate of drug-likeness (QED) is 0.886. The Morgan fingerprint density at radius 3 is 2.90 bits per heavy atom. The van der Waals surface area contributed by atoms with Crippen molar-refractivity contribution in [2.45, 2.75) is 6.04 Å². The Morgan fingerprint density at radius 2 is 2.30 bits per heavy atom. The largest absolute Gasteiger partial charge is 0.357 e. The van der Waals surface area contributed by atoms with Crippen molar-refractivity contribution in [3.05, 3.63) is 28.8 Å². The molecule has 0 radical (unpaired) electrons. The minimum absolute atomic E-state index is 0.0534. The monoisotopic (exact) mass is 292 g/mol. The van der Waals surface area contributed by atoms with E-state index < -0.39 is 0 Å². The summed E-state index contributed by atoms with van der Waals surface area (Å²) in [5.74, 6) is 0.0534. The van der Waals surface area contributed by atoms with Gasteiger partial charge in [0, 0.05) is 39.4 Å². The SMILES string of the molecule is CN(C)C(=O)C1CNCCN1c1ccc(C#N)c(Cl)c1. The van der Waals surface area contributed by atoms with E-state index in [1.165, 1.54) is 0 Å². The summed E-state index contributed by atoms with van der Waals surface area (Å²) in [6.07, 6.45) is 0. The maximum absolute atomic E-state index is 12.2. The van der Waals surface area contributed by atoms with Crippen molar-refractivity contribution >= 4 is 23.2 Å². The molecule has 1 heterocycles. The first-order valence-corrected chi connectivity index (χ1v) is 6.80. The molecule has 6 heteroatoms. The number of nitrogens with zero attached hydrogens (tertiary/aromatic N) is 3. The molecule has 5 nitrogen and oxygen atoms in total. The fourth-order valence-electron chi connectivity index (χ4n) is 2.31. The summed E-state index contributed by atoms with van der Waals surface area (Å²) in [4.78, 5) is 15.9. The number of anilines is 1. The van der Waals surface area contributed by atoms with Crippen LogP contribution in [-0.4, -0.2) is 50.6 Å². The lowest BCUT2D eigenvalue weighted by atomic mass is 10.1. The summed E-state index contributed by atoms with van der Waals surface area (Å²) < 4.78 is 0. The number of hydrogen-bond donors (Lipinski definition) is 1. The predicted octanol–water partition coefficient (Wildman–Crippen LogP) is 1.08. The van der Waals surface area contributed by atoms with Crippen LogP contribution in [0.3, 0.4) is 0 Å². The van der Waals surface area contributed by atoms with Gasteiger partial charge in [-0.3, -0.25) is 4.79 Å². The van der Waals surface area contributed by atoms with Gasteiger partial charge < -0.3 is 15.1 Å². The first kappa shape index (κ1) is 14.6. The van der Waals surface area contributed by atoms with Crippen LogP contribution in [0.5, 0.6) is 0 Å². The van der Waals surface area contributed by atoms with E-state index in [9.17, 15) is 4.79 Å². The van der Waals surface area contributed by atoms with E-state index >= 15 is 0 Å². The van der Waals surface area contributed by atoms with Gasteiger partial charge in [0.2, 0.25) is 5.91 Å². The number of benzene rings is 1. The lowest BCUT2D eigenvalue weighted by molar-refractivity contribution is -0.130. The number of nitrogens with one attached hydrogen (secondary N) is 1. The molecule has 1 saturated heterocycles. The number of hydrogen-bond acceptors (Lipinski definition) is 4. The van der Waals surface area contributed by atoms with E-state index in [0.29, 0.717) is 17.1 Å². The maximum Gasteiger partial charge on any atom is 0.246 e. The smallest absolute Gasteiger partial charge is 0.246 e. The van der Waals surface area contributed by atoms with Crippen LogP contribution < -0.4 is 10.2 Å². The number of carbonyl (C=O) groups excluding carboxylic acids is 1. The first-order chi connectivity index (χ1) is 9.54. The highest BCUT2D eigenvalue weighted by Crippen LogP contribution is 2.25. The lowest BCUT2D eigenvalue weighted by Crippen LogP contribution is -2.57. The van der Waals surface area contributed by atoms with E-state index in [2.05, 4.69) is 5.32 Å². The van der Waals surface area contributed by atoms with E-state index in [1.54, 1.807) is 31.1 Å². The molecule has 1 N–H and O–H groups in total. The predicted molar refractivity (Wildman–Crippen MR) is 78.9 cm³/mol. The molecular formula is C14H17ClN4O. The van der Waals surface area contributed by atoms with Gasteiger partial charge in [-0.05, 0) is 18.2 Å². The van der Waals surface area contributed by atoms with Crippen molar-refractivity contribution in [2.75, 3.05) is 38.6 Å². The van der Waals surface area contributed by atoms with E-state index in [1.807, 2.05) is 17.0 Å².